The molecule has 0 amide bonds. The van der Waals surface area contributed by atoms with Gasteiger partial charge in [0.25, 0.3) is 0 Å². The molecule has 3 fully saturated rings. The summed E-state index contributed by atoms with van der Waals surface area (Å²) in [5, 5.41) is 8.24. The Morgan fingerprint density at radius 2 is 1.92 bits per heavy atom. The first-order valence-electron chi connectivity index (χ1n) is 9.25. The van der Waals surface area contributed by atoms with E-state index in [4.69, 9.17) is 5.41 Å². The van der Waals surface area contributed by atoms with Crippen molar-refractivity contribution in [3.05, 3.63) is 11.9 Å². The van der Waals surface area contributed by atoms with Gasteiger partial charge >= 0.3 is 0 Å². The summed E-state index contributed by atoms with van der Waals surface area (Å²) in [6, 6.07) is 0. The van der Waals surface area contributed by atoms with Gasteiger partial charge in [-0.1, -0.05) is 20.8 Å². The highest BCUT2D eigenvalue weighted by atomic mass is 19.1. The van der Waals surface area contributed by atoms with Crippen molar-refractivity contribution in [3.63, 3.8) is 0 Å². The van der Waals surface area contributed by atoms with Crippen molar-refractivity contribution in [3.8, 4) is 0 Å². The molecular weight excluding hydrogens is 305 g/mol. The maximum Gasteiger partial charge on any atom is 0.234 e. The third-order valence-corrected chi connectivity index (χ3v) is 8.04. The number of Topliss-reactive ketones (excluding diaryl/α,β-unsaturated/α-hetero) is 2. The van der Waals surface area contributed by atoms with E-state index in [-0.39, 0.29) is 28.9 Å². The molecule has 0 bridgehead atoms. The molecule has 24 heavy (non-hydrogen) atoms. The molecule has 1 unspecified atom stereocenters. The number of nitrogens with one attached hydrogen (secondary N) is 1. The zero-order valence-electron chi connectivity index (χ0n) is 14.7. The van der Waals surface area contributed by atoms with Crippen molar-refractivity contribution >= 4 is 17.3 Å². The first kappa shape index (κ1) is 16.2. The minimum atomic E-state index is -0.748. The smallest absolute Gasteiger partial charge is 0.234 e. The summed E-state index contributed by atoms with van der Waals surface area (Å²) in [7, 11) is 0. The van der Waals surface area contributed by atoms with Crippen LogP contribution in [0.4, 0.5) is 4.39 Å². The SMILES string of the molecule is C[C@@H]1C[C@@H]2[C@H](CC[C@]3(C)C(=O)CC[C@@H]23)[C@@]2(C)C=C(F)C(=O)C(=N)C12. The second kappa shape index (κ2) is 4.86. The van der Waals surface area contributed by atoms with E-state index in [1.54, 1.807) is 0 Å². The quantitative estimate of drug-likeness (QED) is 0.726. The van der Waals surface area contributed by atoms with Crippen molar-refractivity contribution in [2.45, 2.75) is 52.9 Å². The Morgan fingerprint density at radius 3 is 2.62 bits per heavy atom. The summed E-state index contributed by atoms with van der Waals surface area (Å²) < 4.78 is 14.3. The lowest BCUT2D eigenvalue weighted by molar-refractivity contribution is -0.135. The number of carbonyl (C=O) groups is 2. The topological polar surface area (TPSA) is 58.0 Å². The van der Waals surface area contributed by atoms with Gasteiger partial charge in [-0.05, 0) is 55.4 Å². The highest BCUT2D eigenvalue weighted by Crippen LogP contribution is 2.65. The highest BCUT2D eigenvalue weighted by molar-refractivity contribution is 6.45. The van der Waals surface area contributed by atoms with Crippen molar-refractivity contribution in [2.75, 3.05) is 0 Å². The van der Waals surface area contributed by atoms with E-state index >= 15 is 0 Å². The van der Waals surface area contributed by atoms with Crippen molar-refractivity contribution in [1.82, 2.24) is 0 Å². The minimum absolute atomic E-state index is 0.0423. The van der Waals surface area contributed by atoms with Gasteiger partial charge < -0.3 is 5.41 Å². The van der Waals surface area contributed by atoms with E-state index in [1.807, 2.05) is 6.92 Å². The average molecular weight is 331 g/mol. The molecule has 3 nitrogen and oxygen atoms in total. The molecule has 3 saturated carbocycles. The Hall–Kier alpha value is -1.32. The van der Waals surface area contributed by atoms with E-state index in [9.17, 15) is 14.0 Å². The number of hydrogen-bond acceptors (Lipinski definition) is 3. The molecule has 4 heteroatoms. The fourth-order valence-electron chi connectivity index (χ4n) is 6.97. The van der Waals surface area contributed by atoms with Crippen LogP contribution < -0.4 is 0 Å². The Bertz CT molecular complexity index is 683. The van der Waals surface area contributed by atoms with Crippen LogP contribution in [-0.2, 0) is 9.59 Å². The summed E-state index contributed by atoms with van der Waals surface area (Å²) in [4.78, 5) is 24.4. The normalized spacial score (nSPS) is 50.9. The van der Waals surface area contributed by atoms with Crippen LogP contribution in [0.25, 0.3) is 0 Å². The third-order valence-electron chi connectivity index (χ3n) is 8.04. The predicted octanol–water partition coefficient (Wildman–Crippen LogP) is 4.12. The maximum atomic E-state index is 14.3. The predicted molar refractivity (Wildman–Crippen MR) is 89.4 cm³/mol. The van der Waals surface area contributed by atoms with Gasteiger partial charge in [-0.15, -0.1) is 0 Å². The van der Waals surface area contributed by atoms with Gasteiger partial charge in [-0.2, -0.15) is 0 Å². The molecule has 0 aromatic heterocycles. The second-order valence-electron chi connectivity index (χ2n) is 9.09. The molecule has 0 heterocycles. The summed E-state index contributed by atoms with van der Waals surface area (Å²) in [5.74, 6) is -0.0333. The van der Waals surface area contributed by atoms with Crippen LogP contribution in [0.5, 0.6) is 0 Å². The lowest BCUT2D eigenvalue weighted by Crippen LogP contribution is -2.57. The van der Waals surface area contributed by atoms with Gasteiger partial charge in [0.1, 0.15) is 5.78 Å². The molecule has 0 aromatic carbocycles. The first-order chi connectivity index (χ1) is 11.2. The molecular formula is C20H26FNO2. The summed E-state index contributed by atoms with van der Waals surface area (Å²) in [6.45, 7) is 6.27. The standard InChI is InChI=1S/C20H26FNO2/c1-10-8-11-12-4-5-15(23)19(12,2)7-6-13(11)20(3)9-14(21)18(24)17(22)16(10)20/h9-13,16,22H,4-8H2,1-3H3/t10-,11+,12+,13+,16?,19+,20-/m1/s1. The number of carbonyl (C=O) groups excluding carboxylic acids is 2. The number of ketones is 2. The summed E-state index contributed by atoms with van der Waals surface area (Å²) in [6.07, 6.45) is 5.87. The monoisotopic (exact) mass is 331 g/mol. The van der Waals surface area contributed by atoms with Crippen molar-refractivity contribution in [1.29, 1.82) is 5.41 Å². The fraction of sp³-hybridized carbons (Fsp3) is 0.750. The number of rotatable bonds is 0. The molecule has 0 saturated heterocycles. The number of allylic oxidation sites excluding steroid dienone is 2. The van der Waals surface area contributed by atoms with E-state index in [1.165, 1.54) is 6.08 Å². The van der Waals surface area contributed by atoms with Crippen LogP contribution in [0.2, 0.25) is 0 Å². The van der Waals surface area contributed by atoms with Gasteiger partial charge in [0.05, 0.1) is 5.71 Å². The molecule has 7 atom stereocenters. The molecule has 0 radical (unpaired) electrons. The van der Waals surface area contributed by atoms with E-state index < -0.39 is 17.0 Å². The van der Waals surface area contributed by atoms with Gasteiger partial charge in [0, 0.05) is 23.2 Å². The third kappa shape index (κ3) is 1.80. The van der Waals surface area contributed by atoms with Gasteiger partial charge in [-0.25, -0.2) is 4.39 Å². The van der Waals surface area contributed by atoms with Crippen molar-refractivity contribution < 1.29 is 14.0 Å². The summed E-state index contributed by atoms with van der Waals surface area (Å²) >= 11 is 0. The molecule has 4 aliphatic carbocycles. The highest BCUT2D eigenvalue weighted by Gasteiger charge is 2.62. The molecule has 4 rings (SSSR count). The Morgan fingerprint density at radius 1 is 1.21 bits per heavy atom. The van der Waals surface area contributed by atoms with Gasteiger partial charge in [-0.3, -0.25) is 9.59 Å². The van der Waals surface area contributed by atoms with Crippen molar-refractivity contribution in [2.24, 2.45) is 40.4 Å². The number of fused-ring (bicyclic) bond motifs is 5. The largest absolute Gasteiger partial charge is 0.301 e. The lowest BCUT2D eigenvalue weighted by Gasteiger charge is -2.59. The van der Waals surface area contributed by atoms with Gasteiger partial charge in [0.15, 0.2) is 5.83 Å². The van der Waals surface area contributed by atoms with E-state index in [0.717, 1.165) is 25.7 Å². The first-order valence-corrected chi connectivity index (χ1v) is 9.25. The van der Waals surface area contributed by atoms with E-state index in [0.29, 0.717) is 24.0 Å². The molecule has 0 spiro atoms. The maximum absolute atomic E-state index is 14.3. The van der Waals surface area contributed by atoms with Gasteiger partial charge in [0.2, 0.25) is 5.78 Å². The van der Waals surface area contributed by atoms with Crippen LogP contribution in [0.3, 0.4) is 0 Å². The van der Waals surface area contributed by atoms with Crippen LogP contribution in [0.1, 0.15) is 52.9 Å². The Balaban J connectivity index is 1.79. The zero-order chi connectivity index (χ0) is 17.4. The average Bonchev–Trinajstić information content (AvgIpc) is 2.80. The number of hydrogen-bond donors (Lipinski definition) is 1. The van der Waals surface area contributed by atoms with E-state index in [2.05, 4.69) is 13.8 Å². The molecule has 0 aromatic rings. The van der Waals surface area contributed by atoms with Crippen LogP contribution >= 0.6 is 0 Å². The Labute approximate surface area is 142 Å². The number of halogens is 1. The Kier molecular flexibility index (Phi) is 3.27. The summed E-state index contributed by atoms with van der Waals surface area (Å²) in [5.41, 5.74) is -0.714. The lowest BCUT2D eigenvalue weighted by atomic mass is 9.44. The molecule has 1 N–H and O–H groups in total. The van der Waals surface area contributed by atoms with Crippen LogP contribution in [0, 0.1) is 45.8 Å². The van der Waals surface area contributed by atoms with Crippen LogP contribution in [0.15, 0.2) is 11.9 Å². The molecule has 4 aliphatic rings. The molecule has 130 valence electrons. The molecule has 0 aliphatic heterocycles. The zero-order valence-corrected chi connectivity index (χ0v) is 14.7. The fourth-order valence-corrected chi connectivity index (χ4v) is 6.97. The second-order valence-corrected chi connectivity index (χ2v) is 9.09. The minimum Gasteiger partial charge on any atom is -0.301 e. The van der Waals surface area contributed by atoms with Crippen LogP contribution in [-0.4, -0.2) is 17.3 Å².